The summed E-state index contributed by atoms with van der Waals surface area (Å²) in [5.74, 6) is 0. The predicted octanol–water partition coefficient (Wildman–Crippen LogP) is -0.343. The second-order valence-corrected chi connectivity index (χ2v) is 4.70. The summed E-state index contributed by atoms with van der Waals surface area (Å²) in [5.41, 5.74) is 0.941. The maximum Gasteiger partial charge on any atom is 0.184 e. The predicted molar refractivity (Wildman–Crippen MR) is 69.8 cm³/mol. The number of ether oxygens (including phenoxy) is 3. The van der Waals surface area contributed by atoms with Crippen LogP contribution < -0.4 is 0 Å². The van der Waals surface area contributed by atoms with E-state index in [4.69, 9.17) is 19.3 Å². The summed E-state index contributed by atoms with van der Waals surface area (Å²) in [5, 5.41) is 29.1. The van der Waals surface area contributed by atoms with E-state index in [2.05, 4.69) is 0 Å². The van der Waals surface area contributed by atoms with Crippen molar-refractivity contribution in [3.63, 3.8) is 0 Å². The van der Waals surface area contributed by atoms with E-state index < -0.39 is 37.3 Å². The smallest absolute Gasteiger partial charge is 0.184 e. The highest BCUT2D eigenvalue weighted by Gasteiger charge is 2.45. The molecule has 6 heteroatoms. The van der Waals surface area contributed by atoms with Gasteiger partial charge in [0, 0.05) is 7.11 Å². The molecule has 1 aliphatic rings. The first-order valence-corrected chi connectivity index (χ1v) is 6.48. The van der Waals surface area contributed by atoms with E-state index in [1.165, 1.54) is 7.11 Å². The molecule has 5 atom stereocenters. The van der Waals surface area contributed by atoms with Crippen LogP contribution in [0.15, 0.2) is 30.3 Å². The number of aliphatic hydroxyl groups excluding tert-OH is 3. The standard InChI is InChI=1S/C14H20O6/c1-18-13-12(11(16)10(7-15)20-14(13)17)19-8-9-5-3-2-4-6-9/h2-6,10-17H,7-8H2,1H3/t10-,11-,12-,13+,14+/m1/s1. The molecule has 1 aromatic rings. The number of aliphatic hydroxyl groups is 3. The minimum Gasteiger partial charge on any atom is -0.394 e. The van der Waals surface area contributed by atoms with Crippen LogP contribution in [0.2, 0.25) is 0 Å². The molecule has 0 bridgehead atoms. The lowest BCUT2D eigenvalue weighted by atomic mass is 9.99. The van der Waals surface area contributed by atoms with Crippen molar-refractivity contribution in [2.45, 2.75) is 37.3 Å². The summed E-state index contributed by atoms with van der Waals surface area (Å²) in [7, 11) is 1.40. The van der Waals surface area contributed by atoms with Gasteiger partial charge in [-0.15, -0.1) is 0 Å². The molecule has 2 rings (SSSR count). The molecule has 1 fully saturated rings. The highest BCUT2D eigenvalue weighted by atomic mass is 16.7. The van der Waals surface area contributed by atoms with E-state index in [0.29, 0.717) is 0 Å². The van der Waals surface area contributed by atoms with Crippen LogP contribution in [0.25, 0.3) is 0 Å². The van der Waals surface area contributed by atoms with E-state index >= 15 is 0 Å². The fourth-order valence-electron chi connectivity index (χ4n) is 2.27. The van der Waals surface area contributed by atoms with Crippen LogP contribution in [0.3, 0.4) is 0 Å². The van der Waals surface area contributed by atoms with E-state index in [1.54, 1.807) is 0 Å². The fourth-order valence-corrected chi connectivity index (χ4v) is 2.27. The van der Waals surface area contributed by atoms with Crippen molar-refractivity contribution in [2.75, 3.05) is 13.7 Å². The van der Waals surface area contributed by atoms with Gasteiger partial charge in [-0.05, 0) is 5.56 Å². The Morgan fingerprint density at radius 2 is 1.85 bits per heavy atom. The molecule has 1 saturated heterocycles. The second-order valence-electron chi connectivity index (χ2n) is 4.70. The third-order valence-corrected chi connectivity index (χ3v) is 3.37. The van der Waals surface area contributed by atoms with Crippen molar-refractivity contribution in [1.82, 2.24) is 0 Å². The van der Waals surface area contributed by atoms with E-state index in [-0.39, 0.29) is 6.61 Å². The summed E-state index contributed by atoms with van der Waals surface area (Å²) in [6.45, 7) is -0.132. The van der Waals surface area contributed by atoms with Crippen molar-refractivity contribution < 1.29 is 29.5 Å². The molecule has 3 N–H and O–H groups in total. The Labute approximate surface area is 117 Å². The molecule has 0 amide bonds. The lowest BCUT2D eigenvalue weighted by molar-refractivity contribution is -0.301. The molecule has 6 nitrogen and oxygen atoms in total. The van der Waals surface area contributed by atoms with E-state index in [9.17, 15) is 10.2 Å². The SMILES string of the molecule is CO[C@H]1[C@H](OCc2ccccc2)[C@H](O)[C@@H](CO)O[C@@H]1O. The summed E-state index contributed by atoms with van der Waals surface area (Å²) in [4.78, 5) is 0. The van der Waals surface area contributed by atoms with Crippen LogP contribution in [-0.4, -0.2) is 59.7 Å². The average molecular weight is 284 g/mol. The summed E-state index contributed by atoms with van der Waals surface area (Å²) in [6, 6.07) is 9.47. The highest BCUT2D eigenvalue weighted by molar-refractivity contribution is 5.13. The quantitative estimate of drug-likeness (QED) is 0.685. The first kappa shape index (κ1) is 15.4. The largest absolute Gasteiger partial charge is 0.394 e. The average Bonchev–Trinajstić information content (AvgIpc) is 2.48. The van der Waals surface area contributed by atoms with Gasteiger partial charge < -0.3 is 29.5 Å². The first-order chi connectivity index (χ1) is 9.67. The Morgan fingerprint density at radius 1 is 1.15 bits per heavy atom. The third-order valence-electron chi connectivity index (χ3n) is 3.37. The Kier molecular flexibility index (Phi) is 5.47. The Bertz CT molecular complexity index is 398. The van der Waals surface area contributed by atoms with Gasteiger partial charge in [-0.2, -0.15) is 0 Å². The van der Waals surface area contributed by atoms with Crippen molar-refractivity contribution in [1.29, 1.82) is 0 Å². The lowest BCUT2D eigenvalue weighted by Crippen LogP contribution is -2.60. The molecule has 1 heterocycles. The third kappa shape index (κ3) is 3.35. The maximum absolute atomic E-state index is 10.1. The Morgan fingerprint density at radius 3 is 2.45 bits per heavy atom. The molecule has 0 radical (unpaired) electrons. The fraction of sp³-hybridized carbons (Fsp3) is 0.571. The number of hydrogen-bond acceptors (Lipinski definition) is 6. The van der Waals surface area contributed by atoms with Gasteiger partial charge in [-0.3, -0.25) is 0 Å². The summed E-state index contributed by atoms with van der Waals surface area (Å²) >= 11 is 0. The zero-order valence-corrected chi connectivity index (χ0v) is 11.3. The van der Waals surface area contributed by atoms with Gasteiger partial charge in [0.1, 0.15) is 24.4 Å². The Balaban J connectivity index is 2.04. The molecule has 1 aromatic carbocycles. The van der Waals surface area contributed by atoms with Gasteiger partial charge in [0.15, 0.2) is 6.29 Å². The number of rotatable bonds is 5. The van der Waals surface area contributed by atoms with Crippen molar-refractivity contribution in [2.24, 2.45) is 0 Å². The molecule has 0 saturated carbocycles. The van der Waals surface area contributed by atoms with Crippen LogP contribution >= 0.6 is 0 Å². The topological polar surface area (TPSA) is 88.4 Å². The van der Waals surface area contributed by atoms with Crippen LogP contribution in [0.1, 0.15) is 5.56 Å². The van der Waals surface area contributed by atoms with Crippen molar-refractivity contribution in [3.05, 3.63) is 35.9 Å². The molecule has 0 aromatic heterocycles. The molecule has 112 valence electrons. The van der Waals surface area contributed by atoms with Crippen LogP contribution in [0.4, 0.5) is 0 Å². The monoisotopic (exact) mass is 284 g/mol. The lowest BCUT2D eigenvalue weighted by Gasteiger charge is -2.41. The van der Waals surface area contributed by atoms with E-state index in [1.807, 2.05) is 30.3 Å². The van der Waals surface area contributed by atoms with Gasteiger partial charge in [0.2, 0.25) is 0 Å². The zero-order valence-electron chi connectivity index (χ0n) is 11.3. The summed E-state index contributed by atoms with van der Waals surface area (Å²) in [6.07, 6.45) is -4.80. The Hall–Kier alpha value is -1.02. The summed E-state index contributed by atoms with van der Waals surface area (Å²) < 4.78 is 15.9. The maximum atomic E-state index is 10.1. The normalized spacial score (nSPS) is 34.1. The van der Waals surface area contributed by atoms with Gasteiger partial charge in [0.25, 0.3) is 0 Å². The van der Waals surface area contributed by atoms with Crippen LogP contribution in [0.5, 0.6) is 0 Å². The second kappa shape index (κ2) is 7.12. The van der Waals surface area contributed by atoms with Gasteiger partial charge in [-0.25, -0.2) is 0 Å². The van der Waals surface area contributed by atoms with E-state index in [0.717, 1.165) is 5.56 Å². The highest BCUT2D eigenvalue weighted by Crippen LogP contribution is 2.25. The van der Waals surface area contributed by atoms with Gasteiger partial charge in [-0.1, -0.05) is 30.3 Å². The molecule has 0 spiro atoms. The minimum atomic E-state index is -1.25. The molecular weight excluding hydrogens is 264 g/mol. The van der Waals surface area contributed by atoms with Gasteiger partial charge in [0.05, 0.1) is 13.2 Å². The van der Waals surface area contributed by atoms with Gasteiger partial charge >= 0.3 is 0 Å². The molecular formula is C14H20O6. The molecule has 0 aliphatic carbocycles. The number of methoxy groups -OCH3 is 1. The van der Waals surface area contributed by atoms with Crippen molar-refractivity contribution in [3.8, 4) is 0 Å². The molecule has 0 unspecified atom stereocenters. The number of hydrogen-bond donors (Lipinski definition) is 3. The van der Waals surface area contributed by atoms with Crippen LogP contribution in [-0.2, 0) is 20.8 Å². The van der Waals surface area contributed by atoms with Crippen LogP contribution in [0, 0.1) is 0 Å². The number of benzene rings is 1. The zero-order chi connectivity index (χ0) is 14.5. The first-order valence-electron chi connectivity index (χ1n) is 6.48. The molecule has 20 heavy (non-hydrogen) atoms. The minimum absolute atomic E-state index is 0.271. The van der Waals surface area contributed by atoms with Crippen molar-refractivity contribution >= 4 is 0 Å². The molecule has 1 aliphatic heterocycles.